The molecule has 2 N–H and O–H groups in total. The third-order valence-corrected chi connectivity index (χ3v) is 3.98. The summed E-state index contributed by atoms with van der Waals surface area (Å²) in [6, 6.07) is 4.86. The minimum absolute atomic E-state index is 0. The van der Waals surface area contributed by atoms with E-state index in [2.05, 4.69) is 15.6 Å². The predicted molar refractivity (Wildman–Crippen MR) is 92.9 cm³/mol. The number of nitrogens with one attached hydrogen (secondary N) is 2. The number of carbonyl (C=O) groups excluding carboxylic acids is 1. The number of imidazole rings is 1. The van der Waals surface area contributed by atoms with E-state index in [9.17, 15) is 9.18 Å². The van der Waals surface area contributed by atoms with Crippen molar-refractivity contribution in [2.75, 3.05) is 13.1 Å². The van der Waals surface area contributed by atoms with Crippen molar-refractivity contribution in [3.63, 3.8) is 0 Å². The Balaban J connectivity index is 0.00000132. The van der Waals surface area contributed by atoms with Crippen molar-refractivity contribution in [3.8, 4) is 0 Å². The van der Waals surface area contributed by atoms with E-state index in [0.29, 0.717) is 18.5 Å². The van der Waals surface area contributed by atoms with Crippen molar-refractivity contribution < 1.29 is 9.18 Å². The first kappa shape index (κ1) is 19.7. The zero-order valence-corrected chi connectivity index (χ0v) is 14.5. The van der Waals surface area contributed by atoms with E-state index in [4.69, 9.17) is 0 Å². The summed E-state index contributed by atoms with van der Waals surface area (Å²) in [6.45, 7) is 1.41. The van der Waals surface area contributed by atoms with Crippen LogP contribution in [0.25, 0.3) is 11.0 Å². The van der Waals surface area contributed by atoms with Crippen molar-refractivity contribution in [1.82, 2.24) is 20.2 Å². The second-order valence-corrected chi connectivity index (χ2v) is 5.38. The minimum Gasteiger partial charge on any atom is -0.354 e. The lowest BCUT2D eigenvalue weighted by Crippen LogP contribution is -2.41. The molecule has 1 atom stereocenters. The van der Waals surface area contributed by atoms with Crippen LogP contribution in [0.4, 0.5) is 4.39 Å². The molecule has 1 saturated heterocycles. The summed E-state index contributed by atoms with van der Waals surface area (Å²) in [5.74, 6) is 0.501. The lowest BCUT2D eigenvalue weighted by molar-refractivity contribution is -0.122. The van der Waals surface area contributed by atoms with Gasteiger partial charge in [0.2, 0.25) is 5.91 Å². The minimum atomic E-state index is -0.312. The van der Waals surface area contributed by atoms with Crippen molar-refractivity contribution in [2.45, 2.75) is 25.3 Å². The van der Waals surface area contributed by atoms with Crippen LogP contribution in [-0.2, 0) is 18.3 Å². The molecule has 1 aliphatic rings. The lowest BCUT2D eigenvalue weighted by atomic mass is 10.2. The van der Waals surface area contributed by atoms with Crippen LogP contribution in [0.3, 0.4) is 0 Å². The Hall–Kier alpha value is -1.37. The topological polar surface area (TPSA) is 59.0 Å². The molecule has 0 saturated carbocycles. The molecule has 23 heavy (non-hydrogen) atoms. The van der Waals surface area contributed by atoms with Gasteiger partial charge in [-0.3, -0.25) is 4.79 Å². The summed E-state index contributed by atoms with van der Waals surface area (Å²) < 4.78 is 15.6. The lowest BCUT2D eigenvalue weighted by Gasteiger charge is -2.10. The monoisotopic (exact) mass is 362 g/mol. The van der Waals surface area contributed by atoms with Gasteiger partial charge in [0, 0.05) is 20.0 Å². The maximum atomic E-state index is 13.7. The Labute approximate surface area is 146 Å². The van der Waals surface area contributed by atoms with Crippen molar-refractivity contribution in [3.05, 3.63) is 29.8 Å². The molecule has 1 aliphatic heterocycles. The van der Waals surface area contributed by atoms with Gasteiger partial charge in [0.05, 0.1) is 11.6 Å². The molecule has 1 aromatic heterocycles. The molecule has 0 aliphatic carbocycles. The van der Waals surface area contributed by atoms with E-state index in [1.807, 2.05) is 17.7 Å². The standard InChI is InChI=1S/C15H19FN4O.2ClH/c1-20-12-6-2-4-10(16)14(12)19-13(20)7-9-18-15(21)11-5-3-8-17-11;;/h2,4,6,11,17H,3,5,7-9H2,1H3,(H,18,21);2*1H. The highest BCUT2D eigenvalue weighted by atomic mass is 35.5. The van der Waals surface area contributed by atoms with Gasteiger partial charge in [0.15, 0.2) is 5.82 Å². The summed E-state index contributed by atoms with van der Waals surface area (Å²) in [6.07, 6.45) is 2.52. The second-order valence-electron chi connectivity index (χ2n) is 5.38. The zero-order valence-electron chi connectivity index (χ0n) is 12.8. The van der Waals surface area contributed by atoms with Gasteiger partial charge in [0.1, 0.15) is 11.3 Å². The smallest absolute Gasteiger partial charge is 0.237 e. The molecule has 3 rings (SSSR count). The van der Waals surface area contributed by atoms with Gasteiger partial charge in [-0.1, -0.05) is 6.07 Å². The molecule has 2 heterocycles. The highest BCUT2D eigenvalue weighted by Gasteiger charge is 2.21. The number of fused-ring (bicyclic) bond motifs is 1. The normalized spacial score (nSPS) is 16.7. The Bertz CT molecular complexity index is 671. The third-order valence-electron chi connectivity index (χ3n) is 3.98. The number of halogens is 3. The number of rotatable bonds is 4. The fourth-order valence-electron chi connectivity index (χ4n) is 2.78. The molecular formula is C15H21Cl2FN4O. The van der Waals surface area contributed by atoms with E-state index >= 15 is 0 Å². The van der Waals surface area contributed by atoms with Gasteiger partial charge < -0.3 is 15.2 Å². The number of para-hydroxylation sites is 1. The molecule has 1 aromatic carbocycles. The van der Waals surface area contributed by atoms with Crippen molar-refractivity contribution in [2.24, 2.45) is 7.05 Å². The van der Waals surface area contributed by atoms with Crippen molar-refractivity contribution in [1.29, 1.82) is 0 Å². The van der Waals surface area contributed by atoms with Crippen LogP contribution in [0.15, 0.2) is 18.2 Å². The highest BCUT2D eigenvalue weighted by molar-refractivity contribution is 5.85. The van der Waals surface area contributed by atoms with Crippen molar-refractivity contribution >= 4 is 41.8 Å². The first-order valence-electron chi connectivity index (χ1n) is 7.28. The SMILES string of the molecule is Cl.Cl.Cn1c(CCNC(=O)C2CCCN2)nc2c(F)cccc21. The number of aryl methyl sites for hydroxylation is 1. The zero-order chi connectivity index (χ0) is 14.8. The molecule has 128 valence electrons. The molecular weight excluding hydrogens is 342 g/mol. The summed E-state index contributed by atoms with van der Waals surface area (Å²) in [7, 11) is 1.87. The van der Waals surface area contributed by atoms with Crippen LogP contribution in [0.2, 0.25) is 0 Å². The molecule has 1 unspecified atom stereocenters. The highest BCUT2D eigenvalue weighted by Crippen LogP contribution is 2.18. The predicted octanol–water partition coefficient (Wildman–Crippen LogP) is 1.97. The quantitative estimate of drug-likeness (QED) is 0.873. The second kappa shape index (κ2) is 8.47. The molecule has 2 aromatic rings. The van der Waals surface area contributed by atoms with E-state index < -0.39 is 0 Å². The Morgan fingerprint density at radius 2 is 2.26 bits per heavy atom. The van der Waals surface area contributed by atoms with Crippen LogP contribution in [-0.4, -0.2) is 34.6 Å². The maximum absolute atomic E-state index is 13.7. The van der Waals surface area contributed by atoms with E-state index in [0.717, 1.165) is 30.7 Å². The average molecular weight is 363 g/mol. The maximum Gasteiger partial charge on any atom is 0.237 e. The first-order valence-corrected chi connectivity index (χ1v) is 7.28. The molecule has 1 amide bonds. The summed E-state index contributed by atoms with van der Waals surface area (Å²) >= 11 is 0. The van der Waals surface area contributed by atoms with Gasteiger partial charge in [-0.25, -0.2) is 9.37 Å². The van der Waals surface area contributed by atoms with Gasteiger partial charge in [0.25, 0.3) is 0 Å². The molecule has 5 nitrogen and oxygen atoms in total. The van der Waals surface area contributed by atoms with Crippen LogP contribution in [0.5, 0.6) is 0 Å². The summed E-state index contributed by atoms with van der Waals surface area (Å²) in [5.41, 5.74) is 1.16. The fraction of sp³-hybridized carbons (Fsp3) is 0.467. The Morgan fingerprint density at radius 3 is 2.91 bits per heavy atom. The van der Waals surface area contributed by atoms with E-state index in [-0.39, 0.29) is 42.6 Å². The van der Waals surface area contributed by atoms with Gasteiger partial charge in [-0.2, -0.15) is 0 Å². The fourth-order valence-corrected chi connectivity index (χ4v) is 2.78. The van der Waals surface area contributed by atoms with Gasteiger partial charge in [-0.15, -0.1) is 24.8 Å². The summed E-state index contributed by atoms with van der Waals surface area (Å²) in [5, 5.41) is 6.07. The van der Waals surface area contributed by atoms with Gasteiger partial charge >= 0.3 is 0 Å². The van der Waals surface area contributed by atoms with Crippen LogP contribution >= 0.6 is 24.8 Å². The van der Waals surface area contributed by atoms with E-state index in [1.165, 1.54) is 6.07 Å². The molecule has 1 fully saturated rings. The first-order chi connectivity index (χ1) is 10.2. The number of carbonyl (C=O) groups is 1. The number of amides is 1. The van der Waals surface area contributed by atoms with E-state index in [1.54, 1.807) is 6.07 Å². The largest absolute Gasteiger partial charge is 0.354 e. The molecule has 0 spiro atoms. The van der Waals surface area contributed by atoms with Crippen LogP contribution in [0, 0.1) is 5.82 Å². The van der Waals surface area contributed by atoms with Crippen LogP contribution in [0.1, 0.15) is 18.7 Å². The molecule has 0 radical (unpaired) electrons. The number of hydrogen-bond donors (Lipinski definition) is 2. The summed E-state index contributed by atoms with van der Waals surface area (Å²) in [4.78, 5) is 16.2. The average Bonchev–Trinajstić information content (AvgIpc) is 3.10. The Kier molecular flexibility index (Phi) is 7.25. The molecule has 8 heteroatoms. The third kappa shape index (κ3) is 4.13. The van der Waals surface area contributed by atoms with Gasteiger partial charge in [-0.05, 0) is 31.5 Å². The molecule has 0 bridgehead atoms. The number of nitrogens with zero attached hydrogens (tertiary/aromatic N) is 2. The number of benzene rings is 1. The number of hydrogen-bond acceptors (Lipinski definition) is 3. The van der Waals surface area contributed by atoms with Crippen LogP contribution < -0.4 is 10.6 Å². The Morgan fingerprint density at radius 1 is 1.48 bits per heavy atom. The number of aromatic nitrogens is 2.